The normalized spacial score (nSPS) is 18.0. The molecular formula is C31H48N8. The Morgan fingerprint density at radius 3 is 2.33 bits per heavy atom. The molecule has 8 heteroatoms. The largest absolute Gasteiger partial charge is 0.367 e. The molecule has 1 aromatic carbocycles. The number of nitrogens with one attached hydrogen (secondary N) is 2. The predicted octanol–water partition coefficient (Wildman–Crippen LogP) is 5.94. The minimum absolute atomic E-state index is 0.380. The Labute approximate surface area is 234 Å². The number of rotatable bonds is 11. The van der Waals surface area contributed by atoms with Crippen LogP contribution in [0.15, 0.2) is 36.7 Å². The average molecular weight is 533 g/mol. The van der Waals surface area contributed by atoms with Crippen molar-refractivity contribution in [2.45, 2.75) is 103 Å². The molecule has 1 saturated heterocycles. The van der Waals surface area contributed by atoms with Gasteiger partial charge in [0.25, 0.3) is 0 Å². The maximum Gasteiger partial charge on any atom is 0.227 e. The van der Waals surface area contributed by atoms with E-state index in [1.54, 1.807) is 0 Å². The second-order valence-corrected chi connectivity index (χ2v) is 12.0. The van der Waals surface area contributed by atoms with Crippen molar-refractivity contribution in [3.8, 4) is 0 Å². The zero-order valence-electron chi connectivity index (χ0n) is 24.4. The maximum absolute atomic E-state index is 5.07. The van der Waals surface area contributed by atoms with E-state index in [0.717, 1.165) is 68.5 Å². The summed E-state index contributed by atoms with van der Waals surface area (Å²) in [5.41, 5.74) is 3.25. The minimum Gasteiger partial charge on any atom is -0.367 e. The fourth-order valence-corrected chi connectivity index (χ4v) is 6.41. The molecule has 39 heavy (non-hydrogen) atoms. The Morgan fingerprint density at radius 2 is 1.64 bits per heavy atom. The fraction of sp³-hybridized carbons (Fsp3) is 0.645. The number of hydrogen-bond acceptors (Lipinski definition) is 7. The first-order valence-corrected chi connectivity index (χ1v) is 15.2. The van der Waals surface area contributed by atoms with Crippen molar-refractivity contribution in [3.63, 3.8) is 0 Å². The van der Waals surface area contributed by atoms with Gasteiger partial charge in [-0.15, -0.1) is 0 Å². The van der Waals surface area contributed by atoms with Crippen LogP contribution in [-0.4, -0.2) is 73.6 Å². The van der Waals surface area contributed by atoms with E-state index in [1.165, 1.54) is 37.7 Å². The van der Waals surface area contributed by atoms with Gasteiger partial charge in [-0.2, -0.15) is 9.97 Å². The van der Waals surface area contributed by atoms with Crippen molar-refractivity contribution in [3.05, 3.63) is 42.2 Å². The van der Waals surface area contributed by atoms with E-state index in [1.807, 2.05) is 6.33 Å². The van der Waals surface area contributed by atoms with Gasteiger partial charge in [-0.1, -0.05) is 49.6 Å². The lowest BCUT2D eigenvalue weighted by molar-refractivity contribution is 0.182. The van der Waals surface area contributed by atoms with Crippen LogP contribution in [0.1, 0.15) is 84.2 Å². The molecule has 0 spiro atoms. The summed E-state index contributed by atoms with van der Waals surface area (Å²) in [5, 5.41) is 7.35. The van der Waals surface area contributed by atoms with Crippen LogP contribution in [0, 0.1) is 0 Å². The van der Waals surface area contributed by atoms with Crippen molar-refractivity contribution >= 4 is 22.9 Å². The standard InChI is InChI=1S/C31H48N8/c1-23(2)38(24(3)4)20-17-32-29-28-30(39(22-33-28)27-13-9-6-10-14-27)36-31(35-29)34-26-15-18-37(19-16-26)21-25-11-7-5-8-12-25/h5,7-8,11-12,22-24,26-27H,6,9-10,13-21H2,1-4H3,(H2,32,34,35,36). The van der Waals surface area contributed by atoms with Crippen LogP contribution in [0.2, 0.25) is 0 Å². The molecule has 0 amide bonds. The molecule has 2 N–H and O–H groups in total. The Morgan fingerprint density at radius 1 is 0.923 bits per heavy atom. The van der Waals surface area contributed by atoms with Gasteiger partial charge in [-0.05, 0) is 58.9 Å². The molecule has 0 unspecified atom stereocenters. The van der Waals surface area contributed by atoms with Gasteiger partial charge in [0.2, 0.25) is 5.95 Å². The summed E-state index contributed by atoms with van der Waals surface area (Å²) in [6, 6.07) is 12.7. The lowest BCUT2D eigenvalue weighted by Crippen LogP contribution is -2.40. The second kappa shape index (κ2) is 13.1. The van der Waals surface area contributed by atoms with E-state index < -0.39 is 0 Å². The monoisotopic (exact) mass is 532 g/mol. The third-order valence-electron chi connectivity index (χ3n) is 8.55. The Kier molecular flexibility index (Phi) is 9.35. The lowest BCUT2D eigenvalue weighted by atomic mass is 9.95. The topological polar surface area (TPSA) is 74.1 Å². The molecule has 8 nitrogen and oxygen atoms in total. The fourth-order valence-electron chi connectivity index (χ4n) is 6.41. The summed E-state index contributed by atoms with van der Waals surface area (Å²) in [6.45, 7) is 14.0. The van der Waals surface area contributed by atoms with Crippen LogP contribution in [0.3, 0.4) is 0 Å². The number of benzene rings is 1. The highest BCUT2D eigenvalue weighted by Crippen LogP contribution is 2.32. The van der Waals surface area contributed by atoms with E-state index in [9.17, 15) is 0 Å². The molecule has 1 aliphatic heterocycles. The smallest absolute Gasteiger partial charge is 0.227 e. The molecule has 0 atom stereocenters. The molecular weight excluding hydrogens is 484 g/mol. The van der Waals surface area contributed by atoms with Crippen LogP contribution in [0.5, 0.6) is 0 Å². The zero-order valence-corrected chi connectivity index (χ0v) is 24.4. The Bertz CT molecular complexity index is 1150. The number of fused-ring (bicyclic) bond motifs is 1. The van der Waals surface area contributed by atoms with Crippen LogP contribution in [0.4, 0.5) is 11.8 Å². The molecule has 2 aliphatic rings. The van der Waals surface area contributed by atoms with Crippen LogP contribution < -0.4 is 10.6 Å². The molecule has 3 heterocycles. The van der Waals surface area contributed by atoms with Crippen LogP contribution in [0.25, 0.3) is 11.2 Å². The third kappa shape index (κ3) is 7.09. The molecule has 1 saturated carbocycles. The highest BCUT2D eigenvalue weighted by Gasteiger charge is 2.24. The number of aromatic nitrogens is 4. The predicted molar refractivity (Wildman–Crippen MR) is 161 cm³/mol. The van der Waals surface area contributed by atoms with E-state index in [4.69, 9.17) is 15.0 Å². The molecule has 0 radical (unpaired) electrons. The SMILES string of the molecule is CC(C)N(CCNc1nc(NC2CCN(Cc3ccccc3)CC2)nc2c1ncn2C1CCCCC1)C(C)C. The van der Waals surface area contributed by atoms with Gasteiger partial charge in [0.1, 0.15) is 0 Å². The highest BCUT2D eigenvalue weighted by molar-refractivity contribution is 5.84. The van der Waals surface area contributed by atoms with Crippen molar-refractivity contribution in [1.29, 1.82) is 0 Å². The first kappa shape index (κ1) is 27.8. The van der Waals surface area contributed by atoms with Crippen molar-refractivity contribution in [2.75, 3.05) is 36.8 Å². The van der Waals surface area contributed by atoms with Gasteiger partial charge in [0.15, 0.2) is 17.0 Å². The van der Waals surface area contributed by atoms with E-state index in [2.05, 4.69) is 83.0 Å². The number of piperidine rings is 1. The van der Waals surface area contributed by atoms with Crippen molar-refractivity contribution in [1.82, 2.24) is 29.3 Å². The van der Waals surface area contributed by atoms with E-state index >= 15 is 0 Å². The molecule has 2 fully saturated rings. The first-order valence-electron chi connectivity index (χ1n) is 15.2. The Hall–Kier alpha value is -2.71. The second-order valence-electron chi connectivity index (χ2n) is 12.0. The van der Waals surface area contributed by atoms with Gasteiger partial charge in [-0.3, -0.25) is 9.80 Å². The molecule has 0 bridgehead atoms. The van der Waals surface area contributed by atoms with Crippen molar-refractivity contribution < 1.29 is 0 Å². The van der Waals surface area contributed by atoms with Gasteiger partial charge in [-0.25, -0.2) is 4.98 Å². The summed E-state index contributed by atoms with van der Waals surface area (Å²) in [7, 11) is 0. The van der Waals surface area contributed by atoms with Crippen molar-refractivity contribution in [2.24, 2.45) is 0 Å². The summed E-state index contributed by atoms with van der Waals surface area (Å²) in [5.74, 6) is 1.58. The summed E-state index contributed by atoms with van der Waals surface area (Å²) >= 11 is 0. The van der Waals surface area contributed by atoms with Gasteiger partial charge < -0.3 is 15.2 Å². The zero-order chi connectivity index (χ0) is 27.2. The van der Waals surface area contributed by atoms with Crippen LogP contribution >= 0.6 is 0 Å². The van der Waals surface area contributed by atoms with Gasteiger partial charge in [0, 0.05) is 56.9 Å². The lowest BCUT2D eigenvalue weighted by Gasteiger charge is -2.32. The number of hydrogen-bond donors (Lipinski definition) is 2. The summed E-state index contributed by atoms with van der Waals surface area (Å²) in [6.07, 6.45) is 10.5. The molecule has 1 aliphatic carbocycles. The Balaban J connectivity index is 1.30. The minimum atomic E-state index is 0.380. The summed E-state index contributed by atoms with van der Waals surface area (Å²) in [4.78, 5) is 19.9. The quantitative estimate of drug-likeness (QED) is 0.317. The highest BCUT2D eigenvalue weighted by atomic mass is 15.2. The average Bonchev–Trinajstić information content (AvgIpc) is 3.37. The number of imidazole rings is 1. The molecule has 5 rings (SSSR count). The maximum atomic E-state index is 5.07. The van der Waals surface area contributed by atoms with Gasteiger partial charge >= 0.3 is 0 Å². The first-order chi connectivity index (χ1) is 19.0. The van der Waals surface area contributed by atoms with Crippen LogP contribution in [-0.2, 0) is 6.54 Å². The number of nitrogens with zero attached hydrogens (tertiary/aromatic N) is 6. The third-order valence-corrected chi connectivity index (χ3v) is 8.55. The molecule has 212 valence electrons. The van der Waals surface area contributed by atoms with Gasteiger partial charge in [0.05, 0.1) is 6.33 Å². The van der Waals surface area contributed by atoms with E-state index in [-0.39, 0.29) is 0 Å². The number of anilines is 2. The molecule has 2 aromatic heterocycles. The van der Waals surface area contributed by atoms with E-state index in [0.29, 0.717) is 24.2 Å². The number of likely N-dealkylation sites (tertiary alicyclic amines) is 1. The molecule has 3 aromatic rings. The summed E-state index contributed by atoms with van der Waals surface area (Å²) < 4.78 is 2.32.